The van der Waals surface area contributed by atoms with Crippen LogP contribution in [-0.4, -0.2) is 23.4 Å². The van der Waals surface area contributed by atoms with E-state index in [1.54, 1.807) is 0 Å². The third kappa shape index (κ3) is 2.07. The number of carbonyl (C=O) groups excluding carboxylic acids is 1. The second-order valence-electron chi connectivity index (χ2n) is 4.85. The van der Waals surface area contributed by atoms with E-state index in [0.29, 0.717) is 6.42 Å². The number of rotatable bonds is 2. The number of carbonyl (C=O) groups is 1. The van der Waals surface area contributed by atoms with Crippen LogP contribution in [0.2, 0.25) is 0 Å². The summed E-state index contributed by atoms with van der Waals surface area (Å²) in [5.41, 5.74) is 9.77. The van der Waals surface area contributed by atoms with Crippen molar-refractivity contribution in [3.8, 4) is 0 Å². The maximum Gasteiger partial charge on any atom is 0.224 e. The van der Waals surface area contributed by atoms with Crippen molar-refractivity contribution in [1.29, 1.82) is 0 Å². The zero-order valence-corrected chi connectivity index (χ0v) is 10.7. The van der Waals surface area contributed by atoms with Gasteiger partial charge in [0.15, 0.2) is 0 Å². The van der Waals surface area contributed by atoms with Crippen molar-refractivity contribution in [3.05, 3.63) is 34.9 Å². The van der Waals surface area contributed by atoms with Crippen LogP contribution in [0.15, 0.2) is 18.2 Å². The fraction of sp³-hybridized carbons (Fsp3) is 0.500. The van der Waals surface area contributed by atoms with Crippen molar-refractivity contribution < 1.29 is 4.79 Å². The summed E-state index contributed by atoms with van der Waals surface area (Å²) in [6.45, 7) is 6.90. The van der Waals surface area contributed by atoms with Gasteiger partial charge in [0, 0.05) is 19.0 Å². The number of aryl methyl sites for hydroxylation is 2. The highest BCUT2D eigenvalue weighted by Crippen LogP contribution is 2.33. The normalized spacial score (nSPS) is 24.5. The van der Waals surface area contributed by atoms with Crippen LogP contribution in [-0.2, 0) is 4.79 Å². The molecule has 1 aliphatic heterocycles. The summed E-state index contributed by atoms with van der Waals surface area (Å²) in [5, 5.41) is 0. The lowest BCUT2D eigenvalue weighted by molar-refractivity contribution is -0.128. The van der Waals surface area contributed by atoms with E-state index in [4.69, 9.17) is 5.73 Å². The van der Waals surface area contributed by atoms with Gasteiger partial charge in [0.2, 0.25) is 5.91 Å². The number of nitrogens with zero attached hydrogens (tertiary/aromatic N) is 1. The summed E-state index contributed by atoms with van der Waals surface area (Å²) < 4.78 is 0. The molecule has 2 rings (SSSR count). The van der Waals surface area contributed by atoms with Crippen molar-refractivity contribution in [2.24, 2.45) is 5.73 Å². The predicted octanol–water partition coefficient (Wildman–Crippen LogP) is 1.92. The van der Waals surface area contributed by atoms with Crippen molar-refractivity contribution in [1.82, 2.24) is 4.90 Å². The van der Waals surface area contributed by atoms with Crippen LogP contribution >= 0.6 is 0 Å². The van der Waals surface area contributed by atoms with E-state index >= 15 is 0 Å². The molecule has 0 saturated carbocycles. The van der Waals surface area contributed by atoms with Crippen LogP contribution in [0.25, 0.3) is 0 Å². The van der Waals surface area contributed by atoms with E-state index < -0.39 is 0 Å². The first-order valence-corrected chi connectivity index (χ1v) is 6.16. The predicted molar refractivity (Wildman–Crippen MR) is 68.6 cm³/mol. The first kappa shape index (κ1) is 12.1. The fourth-order valence-corrected chi connectivity index (χ4v) is 2.75. The summed E-state index contributed by atoms with van der Waals surface area (Å²) in [6, 6.07) is 6.32. The molecule has 0 spiro atoms. The van der Waals surface area contributed by atoms with Gasteiger partial charge < -0.3 is 10.6 Å². The number of hydrogen-bond donors (Lipinski definition) is 1. The molecule has 0 bridgehead atoms. The van der Waals surface area contributed by atoms with E-state index in [1.807, 2.05) is 11.8 Å². The van der Waals surface area contributed by atoms with Gasteiger partial charge in [-0.3, -0.25) is 4.79 Å². The molecular weight excluding hydrogens is 212 g/mol. The van der Waals surface area contributed by atoms with Gasteiger partial charge in [-0.25, -0.2) is 0 Å². The number of benzene rings is 1. The quantitative estimate of drug-likeness (QED) is 0.846. The Morgan fingerprint density at radius 3 is 2.71 bits per heavy atom. The average molecular weight is 232 g/mol. The van der Waals surface area contributed by atoms with Crippen LogP contribution in [0.3, 0.4) is 0 Å². The smallest absolute Gasteiger partial charge is 0.224 e. The zero-order valence-electron chi connectivity index (χ0n) is 10.7. The van der Waals surface area contributed by atoms with Gasteiger partial charge in [0.05, 0.1) is 6.04 Å². The average Bonchev–Trinajstić information content (AvgIpc) is 2.53. The Hall–Kier alpha value is -1.35. The van der Waals surface area contributed by atoms with Crippen LogP contribution in [0.4, 0.5) is 0 Å². The monoisotopic (exact) mass is 232 g/mol. The SMILES string of the molecule is CCN1C(=O)CC(N)C1c1ccc(C)cc1C. The molecule has 2 unspecified atom stereocenters. The first-order chi connectivity index (χ1) is 8.04. The Morgan fingerprint density at radius 1 is 1.41 bits per heavy atom. The highest BCUT2D eigenvalue weighted by Gasteiger charge is 2.38. The second kappa shape index (κ2) is 4.49. The van der Waals surface area contributed by atoms with Crippen LogP contribution in [0, 0.1) is 13.8 Å². The number of nitrogens with two attached hydrogens (primary N) is 1. The molecule has 92 valence electrons. The molecule has 0 aliphatic carbocycles. The second-order valence-corrected chi connectivity index (χ2v) is 4.85. The lowest BCUT2D eigenvalue weighted by Crippen LogP contribution is -2.33. The maximum absolute atomic E-state index is 11.8. The summed E-state index contributed by atoms with van der Waals surface area (Å²) in [5.74, 6) is 0.171. The third-order valence-electron chi connectivity index (χ3n) is 3.56. The summed E-state index contributed by atoms with van der Waals surface area (Å²) in [7, 11) is 0. The maximum atomic E-state index is 11.8. The highest BCUT2D eigenvalue weighted by molar-refractivity contribution is 5.80. The molecule has 1 aliphatic rings. The van der Waals surface area contributed by atoms with Crippen molar-refractivity contribution >= 4 is 5.91 Å². The Balaban J connectivity index is 2.41. The van der Waals surface area contributed by atoms with E-state index in [9.17, 15) is 4.79 Å². The van der Waals surface area contributed by atoms with Gasteiger partial charge in [-0.2, -0.15) is 0 Å². The Morgan fingerprint density at radius 2 is 2.12 bits per heavy atom. The molecule has 3 nitrogen and oxygen atoms in total. The molecule has 2 atom stereocenters. The van der Waals surface area contributed by atoms with Gasteiger partial charge in [-0.05, 0) is 31.9 Å². The summed E-state index contributed by atoms with van der Waals surface area (Å²) in [4.78, 5) is 13.7. The highest BCUT2D eigenvalue weighted by atomic mass is 16.2. The summed E-state index contributed by atoms with van der Waals surface area (Å²) in [6.07, 6.45) is 0.464. The minimum absolute atomic E-state index is 0.0492. The minimum atomic E-state index is -0.0798. The van der Waals surface area contributed by atoms with Crippen molar-refractivity contribution in [3.63, 3.8) is 0 Å². The largest absolute Gasteiger partial charge is 0.334 e. The molecular formula is C14H20N2O. The van der Waals surface area contributed by atoms with E-state index in [0.717, 1.165) is 6.54 Å². The molecule has 1 heterocycles. The van der Waals surface area contributed by atoms with E-state index in [2.05, 4.69) is 32.0 Å². The van der Waals surface area contributed by atoms with Gasteiger partial charge in [0.25, 0.3) is 0 Å². The van der Waals surface area contributed by atoms with Crippen LogP contribution < -0.4 is 5.73 Å². The Labute approximate surface area is 103 Å². The molecule has 1 amide bonds. The first-order valence-electron chi connectivity index (χ1n) is 6.16. The lowest BCUT2D eigenvalue weighted by Gasteiger charge is -2.27. The van der Waals surface area contributed by atoms with Crippen molar-refractivity contribution in [2.75, 3.05) is 6.54 Å². The number of amides is 1. The standard InChI is InChI=1S/C14H20N2O/c1-4-16-13(17)8-12(15)14(16)11-6-5-9(2)7-10(11)3/h5-7,12,14H,4,8,15H2,1-3H3. The van der Waals surface area contributed by atoms with Gasteiger partial charge in [-0.1, -0.05) is 23.8 Å². The van der Waals surface area contributed by atoms with Crippen molar-refractivity contribution in [2.45, 2.75) is 39.3 Å². The van der Waals surface area contributed by atoms with E-state index in [-0.39, 0.29) is 18.0 Å². The Kier molecular flexibility index (Phi) is 3.20. The van der Waals surface area contributed by atoms with E-state index in [1.165, 1.54) is 16.7 Å². The van der Waals surface area contributed by atoms with Gasteiger partial charge >= 0.3 is 0 Å². The molecule has 1 aromatic rings. The number of likely N-dealkylation sites (tertiary alicyclic amines) is 1. The molecule has 3 heteroatoms. The summed E-state index contributed by atoms with van der Waals surface area (Å²) >= 11 is 0. The fourth-order valence-electron chi connectivity index (χ4n) is 2.75. The molecule has 0 aromatic heterocycles. The van der Waals surface area contributed by atoms with Crippen LogP contribution in [0.1, 0.15) is 36.1 Å². The zero-order chi connectivity index (χ0) is 12.6. The van der Waals surface area contributed by atoms with Crippen LogP contribution in [0.5, 0.6) is 0 Å². The molecule has 0 radical (unpaired) electrons. The van der Waals surface area contributed by atoms with Gasteiger partial charge in [-0.15, -0.1) is 0 Å². The molecule has 1 saturated heterocycles. The third-order valence-corrected chi connectivity index (χ3v) is 3.56. The minimum Gasteiger partial charge on any atom is -0.334 e. The molecule has 1 fully saturated rings. The Bertz CT molecular complexity index is 442. The number of hydrogen-bond acceptors (Lipinski definition) is 2. The topological polar surface area (TPSA) is 46.3 Å². The molecule has 17 heavy (non-hydrogen) atoms. The number of likely N-dealkylation sites (N-methyl/N-ethyl adjacent to an activating group) is 1. The molecule has 2 N–H and O–H groups in total. The lowest BCUT2D eigenvalue weighted by atomic mass is 9.95. The molecule has 1 aromatic carbocycles. The van der Waals surface area contributed by atoms with Gasteiger partial charge in [0.1, 0.15) is 0 Å².